The topological polar surface area (TPSA) is 46.3 Å². The summed E-state index contributed by atoms with van der Waals surface area (Å²) in [4.78, 5) is 13.3. The third-order valence-corrected chi connectivity index (χ3v) is 2.39. The third kappa shape index (κ3) is 2.20. The maximum absolute atomic E-state index is 11.2. The van der Waals surface area contributed by atoms with E-state index in [1.54, 1.807) is 0 Å². The molecule has 0 atom stereocenters. The molecule has 0 amide bonds. The fourth-order valence-corrected chi connectivity index (χ4v) is 1.76. The van der Waals surface area contributed by atoms with E-state index in [1.807, 2.05) is 13.0 Å². The van der Waals surface area contributed by atoms with Crippen molar-refractivity contribution in [3.05, 3.63) is 17.5 Å². The Labute approximate surface area is 82.9 Å². The van der Waals surface area contributed by atoms with E-state index in [2.05, 4.69) is 10.1 Å². The van der Waals surface area contributed by atoms with Crippen LogP contribution in [0.25, 0.3) is 0 Å². The number of aromatic nitrogens is 1. The van der Waals surface area contributed by atoms with Crippen LogP contribution >= 0.6 is 0 Å². The molecule has 76 valence electrons. The first-order valence-corrected chi connectivity index (χ1v) is 4.90. The van der Waals surface area contributed by atoms with Gasteiger partial charge in [-0.25, -0.2) is 0 Å². The molecule has 1 aromatic heterocycles. The molecule has 0 bridgehead atoms. The minimum absolute atomic E-state index is 0.330. The zero-order chi connectivity index (χ0) is 9.97. The predicted molar refractivity (Wildman–Crippen MR) is 50.8 cm³/mol. The predicted octanol–water partition coefficient (Wildman–Crippen LogP) is 1.15. The summed E-state index contributed by atoms with van der Waals surface area (Å²) in [5.41, 5.74) is 0.914. The van der Waals surface area contributed by atoms with Crippen LogP contribution in [-0.2, 0) is 11.3 Å². The normalized spacial score (nSPS) is 18.8. The summed E-state index contributed by atoms with van der Waals surface area (Å²) in [7, 11) is 0. The molecule has 1 saturated heterocycles. The maximum Gasteiger partial charge on any atom is 0.146 e. The average molecular weight is 194 g/mol. The van der Waals surface area contributed by atoms with Crippen molar-refractivity contribution in [1.82, 2.24) is 10.1 Å². The second-order valence-electron chi connectivity index (χ2n) is 3.78. The van der Waals surface area contributed by atoms with Gasteiger partial charge in [0, 0.05) is 19.0 Å². The zero-order valence-corrected chi connectivity index (χ0v) is 8.32. The number of aryl methyl sites for hydroxylation is 1. The molecule has 4 nitrogen and oxygen atoms in total. The van der Waals surface area contributed by atoms with Gasteiger partial charge in [-0.1, -0.05) is 5.16 Å². The number of carbonyl (C=O) groups excluding carboxylic acids is 1. The van der Waals surface area contributed by atoms with Crippen molar-refractivity contribution >= 4 is 5.78 Å². The summed E-state index contributed by atoms with van der Waals surface area (Å²) >= 11 is 0. The molecule has 0 aliphatic carbocycles. The standard InChI is InChI=1S/C10H14N2O2/c1-8-5-9(11-14-8)6-12-4-2-3-10(13)7-12/h5H,2-4,6-7H2,1H3. The molecule has 2 heterocycles. The molecule has 14 heavy (non-hydrogen) atoms. The fourth-order valence-electron chi connectivity index (χ4n) is 1.76. The summed E-state index contributed by atoms with van der Waals surface area (Å²) in [5.74, 6) is 1.15. The van der Waals surface area contributed by atoms with Gasteiger partial charge in [-0.2, -0.15) is 0 Å². The lowest BCUT2D eigenvalue weighted by atomic mass is 10.1. The van der Waals surface area contributed by atoms with Gasteiger partial charge in [-0.05, 0) is 19.9 Å². The molecular weight excluding hydrogens is 180 g/mol. The van der Waals surface area contributed by atoms with E-state index < -0.39 is 0 Å². The van der Waals surface area contributed by atoms with E-state index in [0.717, 1.165) is 37.4 Å². The second kappa shape index (κ2) is 3.92. The van der Waals surface area contributed by atoms with Gasteiger partial charge in [0.15, 0.2) is 0 Å². The Morgan fingerprint density at radius 3 is 3.14 bits per heavy atom. The van der Waals surface area contributed by atoms with Gasteiger partial charge in [-0.15, -0.1) is 0 Å². The van der Waals surface area contributed by atoms with E-state index in [9.17, 15) is 4.79 Å². The fraction of sp³-hybridized carbons (Fsp3) is 0.600. The van der Waals surface area contributed by atoms with Crippen LogP contribution < -0.4 is 0 Å². The number of hydrogen-bond donors (Lipinski definition) is 0. The molecule has 0 spiro atoms. The summed E-state index contributed by atoms with van der Waals surface area (Å²) < 4.78 is 4.97. The highest BCUT2D eigenvalue weighted by atomic mass is 16.5. The Morgan fingerprint density at radius 2 is 2.50 bits per heavy atom. The van der Waals surface area contributed by atoms with Crippen molar-refractivity contribution in [2.24, 2.45) is 0 Å². The minimum atomic E-state index is 0.330. The second-order valence-corrected chi connectivity index (χ2v) is 3.78. The molecule has 4 heteroatoms. The number of likely N-dealkylation sites (tertiary alicyclic amines) is 1. The van der Waals surface area contributed by atoms with Crippen LogP contribution in [0.3, 0.4) is 0 Å². The number of nitrogens with zero attached hydrogens (tertiary/aromatic N) is 2. The van der Waals surface area contributed by atoms with Crippen LogP contribution in [0.2, 0.25) is 0 Å². The van der Waals surface area contributed by atoms with Crippen LogP contribution in [0.15, 0.2) is 10.6 Å². The highest BCUT2D eigenvalue weighted by Crippen LogP contribution is 2.10. The molecule has 0 radical (unpaired) electrons. The summed E-state index contributed by atoms with van der Waals surface area (Å²) in [6.07, 6.45) is 1.70. The number of carbonyl (C=O) groups is 1. The van der Waals surface area contributed by atoms with Crippen molar-refractivity contribution in [2.75, 3.05) is 13.1 Å². The van der Waals surface area contributed by atoms with Crippen LogP contribution in [0, 0.1) is 6.92 Å². The van der Waals surface area contributed by atoms with Gasteiger partial charge in [-0.3, -0.25) is 9.69 Å². The molecular formula is C10H14N2O2. The van der Waals surface area contributed by atoms with E-state index in [4.69, 9.17) is 4.52 Å². The van der Waals surface area contributed by atoms with Crippen molar-refractivity contribution in [2.45, 2.75) is 26.3 Å². The first kappa shape index (κ1) is 9.40. The van der Waals surface area contributed by atoms with Gasteiger partial charge in [0.25, 0.3) is 0 Å². The summed E-state index contributed by atoms with van der Waals surface area (Å²) in [6.45, 7) is 4.14. The average Bonchev–Trinajstić information content (AvgIpc) is 2.51. The van der Waals surface area contributed by atoms with E-state index in [1.165, 1.54) is 0 Å². The highest BCUT2D eigenvalue weighted by Gasteiger charge is 2.17. The molecule has 1 fully saturated rings. The largest absolute Gasteiger partial charge is 0.361 e. The lowest BCUT2D eigenvalue weighted by Crippen LogP contribution is -2.35. The van der Waals surface area contributed by atoms with Gasteiger partial charge in [0.1, 0.15) is 11.5 Å². The highest BCUT2D eigenvalue weighted by molar-refractivity contribution is 5.81. The van der Waals surface area contributed by atoms with E-state index in [0.29, 0.717) is 12.3 Å². The zero-order valence-electron chi connectivity index (χ0n) is 8.32. The maximum atomic E-state index is 11.2. The Balaban J connectivity index is 1.93. The van der Waals surface area contributed by atoms with Crippen molar-refractivity contribution in [3.63, 3.8) is 0 Å². The number of piperidine rings is 1. The quantitative estimate of drug-likeness (QED) is 0.708. The first-order valence-electron chi connectivity index (χ1n) is 4.90. The Kier molecular flexibility index (Phi) is 2.63. The third-order valence-electron chi connectivity index (χ3n) is 2.39. The van der Waals surface area contributed by atoms with Crippen molar-refractivity contribution < 1.29 is 9.32 Å². The monoisotopic (exact) mass is 194 g/mol. The van der Waals surface area contributed by atoms with Crippen LogP contribution in [0.4, 0.5) is 0 Å². The van der Waals surface area contributed by atoms with E-state index in [-0.39, 0.29) is 0 Å². The first-order chi connectivity index (χ1) is 6.74. The molecule has 0 aromatic carbocycles. The molecule has 0 saturated carbocycles. The number of hydrogen-bond acceptors (Lipinski definition) is 4. The van der Waals surface area contributed by atoms with Gasteiger partial charge in [0.05, 0.1) is 12.2 Å². The molecule has 1 aromatic rings. The van der Waals surface area contributed by atoms with Crippen molar-refractivity contribution in [3.8, 4) is 0 Å². The van der Waals surface area contributed by atoms with Gasteiger partial charge >= 0.3 is 0 Å². The minimum Gasteiger partial charge on any atom is -0.361 e. The Bertz CT molecular complexity index is 333. The lowest BCUT2D eigenvalue weighted by molar-refractivity contribution is -0.122. The van der Waals surface area contributed by atoms with E-state index >= 15 is 0 Å². The molecule has 0 N–H and O–H groups in total. The molecule has 0 unspecified atom stereocenters. The summed E-state index contributed by atoms with van der Waals surface area (Å²) in [6, 6.07) is 1.92. The molecule has 2 rings (SSSR count). The molecule has 1 aliphatic rings. The van der Waals surface area contributed by atoms with Crippen LogP contribution in [0.5, 0.6) is 0 Å². The van der Waals surface area contributed by atoms with Crippen LogP contribution in [0.1, 0.15) is 24.3 Å². The number of ketones is 1. The smallest absolute Gasteiger partial charge is 0.146 e. The van der Waals surface area contributed by atoms with Gasteiger partial charge < -0.3 is 4.52 Å². The summed E-state index contributed by atoms with van der Waals surface area (Å²) in [5, 5.41) is 3.91. The van der Waals surface area contributed by atoms with Crippen molar-refractivity contribution in [1.29, 1.82) is 0 Å². The van der Waals surface area contributed by atoms with Crippen LogP contribution in [-0.4, -0.2) is 28.9 Å². The SMILES string of the molecule is Cc1cc(CN2CCCC(=O)C2)no1. The lowest BCUT2D eigenvalue weighted by Gasteiger charge is -2.24. The molecule has 1 aliphatic heterocycles. The number of Topliss-reactive ketones (excluding diaryl/α,β-unsaturated/α-hetero) is 1. The van der Waals surface area contributed by atoms with Gasteiger partial charge in [0.2, 0.25) is 0 Å². The number of rotatable bonds is 2. The Morgan fingerprint density at radius 1 is 1.64 bits per heavy atom. The Hall–Kier alpha value is -1.16.